The molecule has 0 spiro atoms. The number of allylic oxidation sites excluding steroid dienone is 3. The molecule has 0 saturated carbocycles. The molecule has 18 heavy (non-hydrogen) atoms. The largest absolute Gasteiger partial charge is 0.348 e. The molecule has 2 rings (SSSR count). The predicted octanol–water partition coefficient (Wildman–Crippen LogP) is 4.15. The van der Waals surface area contributed by atoms with Crippen molar-refractivity contribution in [1.29, 1.82) is 0 Å². The van der Waals surface area contributed by atoms with Gasteiger partial charge in [0.25, 0.3) is 0 Å². The van der Waals surface area contributed by atoms with Crippen LogP contribution in [0.2, 0.25) is 0 Å². The van der Waals surface area contributed by atoms with E-state index in [9.17, 15) is 0 Å². The van der Waals surface area contributed by atoms with Crippen LogP contribution in [-0.4, -0.2) is 11.9 Å². The number of benzene rings is 1. The highest BCUT2D eigenvalue weighted by Crippen LogP contribution is 2.49. The minimum absolute atomic E-state index is 0.0397. The van der Waals surface area contributed by atoms with E-state index in [2.05, 4.69) is 68.3 Å². The Morgan fingerprint density at radius 2 is 1.83 bits per heavy atom. The third kappa shape index (κ3) is 1.80. The van der Waals surface area contributed by atoms with Crippen LogP contribution in [0.4, 0.5) is 0 Å². The molecule has 1 heteroatoms. The van der Waals surface area contributed by atoms with Crippen molar-refractivity contribution in [3.8, 4) is 0 Å². The van der Waals surface area contributed by atoms with E-state index in [1.54, 1.807) is 0 Å². The summed E-state index contributed by atoms with van der Waals surface area (Å²) in [5.74, 6) is 0. The first kappa shape index (κ1) is 12.7. The van der Waals surface area contributed by atoms with Gasteiger partial charge in [0.2, 0.25) is 0 Å². The number of nitrogens with zero attached hydrogens (tertiary/aromatic N) is 1. The summed E-state index contributed by atoms with van der Waals surface area (Å²) in [5.41, 5.74) is 4.79. The Morgan fingerprint density at radius 1 is 1.22 bits per heavy atom. The van der Waals surface area contributed by atoms with E-state index in [1.165, 1.54) is 11.1 Å². The van der Waals surface area contributed by atoms with Gasteiger partial charge in [-0.15, -0.1) is 0 Å². The summed E-state index contributed by atoms with van der Waals surface area (Å²) < 4.78 is 0. The molecule has 1 aromatic carbocycles. The molecule has 1 nitrogen and oxygen atoms in total. The zero-order valence-electron chi connectivity index (χ0n) is 11.5. The number of hydrogen-bond donors (Lipinski definition) is 0. The van der Waals surface area contributed by atoms with Gasteiger partial charge in [-0.3, -0.25) is 0 Å². The lowest BCUT2D eigenvalue weighted by molar-refractivity contribution is 0.435. The SMILES string of the molecule is C=C1/C(=C\C)C(C)(Cc2ccccc2)C(=C)N1C. The summed E-state index contributed by atoms with van der Waals surface area (Å²) in [6, 6.07) is 10.6. The number of rotatable bonds is 2. The van der Waals surface area contributed by atoms with Crippen LogP contribution < -0.4 is 0 Å². The molecule has 1 heterocycles. The lowest BCUT2D eigenvalue weighted by atomic mass is 9.76. The van der Waals surface area contributed by atoms with Crippen molar-refractivity contribution < 1.29 is 0 Å². The molecule has 1 atom stereocenters. The van der Waals surface area contributed by atoms with Crippen molar-refractivity contribution >= 4 is 0 Å². The van der Waals surface area contributed by atoms with Crippen LogP contribution >= 0.6 is 0 Å². The average Bonchev–Trinajstić information content (AvgIpc) is 2.52. The minimum atomic E-state index is -0.0397. The highest BCUT2D eigenvalue weighted by atomic mass is 15.2. The zero-order chi connectivity index (χ0) is 13.3. The van der Waals surface area contributed by atoms with E-state index in [-0.39, 0.29) is 5.41 Å². The number of likely N-dealkylation sites (N-methyl/N-ethyl adjacent to an activating group) is 1. The summed E-state index contributed by atoms with van der Waals surface area (Å²) in [4.78, 5) is 2.11. The summed E-state index contributed by atoms with van der Waals surface area (Å²) >= 11 is 0. The second-order valence-electron chi connectivity index (χ2n) is 5.15. The van der Waals surface area contributed by atoms with Crippen LogP contribution in [-0.2, 0) is 6.42 Å². The van der Waals surface area contributed by atoms with Crippen molar-refractivity contribution in [3.63, 3.8) is 0 Å². The molecular formula is C17H21N. The molecule has 1 aliphatic rings. The van der Waals surface area contributed by atoms with Gasteiger partial charge < -0.3 is 4.90 Å². The first-order valence-corrected chi connectivity index (χ1v) is 6.34. The standard InChI is InChI=1S/C17H21N/c1-6-16-13(2)18(5)14(3)17(16,4)12-15-10-8-7-9-11-15/h6-11H,2-3,12H2,1,4-5H3/b16-6+. The Bertz CT molecular complexity index is 510. The van der Waals surface area contributed by atoms with Crippen LogP contribution in [0.1, 0.15) is 19.4 Å². The van der Waals surface area contributed by atoms with Gasteiger partial charge in [0.05, 0.1) is 0 Å². The van der Waals surface area contributed by atoms with Crippen molar-refractivity contribution in [3.05, 3.63) is 72.1 Å². The van der Waals surface area contributed by atoms with E-state index >= 15 is 0 Å². The summed E-state index contributed by atoms with van der Waals surface area (Å²) in [6.07, 6.45) is 3.13. The van der Waals surface area contributed by atoms with Gasteiger partial charge in [-0.05, 0) is 31.4 Å². The highest BCUT2D eigenvalue weighted by Gasteiger charge is 2.42. The van der Waals surface area contributed by atoms with Crippen LogP contribution in [0.15, 0.2) is 66.5 Å². The van der Waals surface area contributed by atoms with Crippen LogP contribution in [0.25, 0.3) is 0 Å². The lowest BCUT2D eigenvalue weighted by Crippen LogP contribution is -2.22. The Labute approximate surface area is 110 Å². The first-order chi connectivity index (χ1) is 8.50. The topological polar surface area (TPSA) is 3.24 Å². The van der Waals surface area contributed by atoms with Gasteiger partial charge in [-0.1, -0.05) is 49.6 Å². The molecule has 1 unspecified atom stereocenters. The van der Waals surface area contributed by atoms with Gasteiger partial charge >= 0.3 is 0 Å². The van der Waals surface area contributed by atoms with Crippen LogP contribution in [0, 0.1) is 5.41 Å². The molecule has 0 N–H and O–H groups in total. The van der Waals surface area contributed by atoms with Crippen LogP contribution in [0.3, 0.4) is 0 Å². The van der Waals surface area contributed by atoms with Gasteiger partial charge in [-0.2, -0.15) is 0 Å². The molecule has 0 radical (unpaired) electrons. The maximum absolute atomic E-state index is 4.26. The third-order valence-electron chi connectivity index (χ3n) is 4.04. The highest BCUT2D eigenvalue weighted by molar-refractivity contribution is 5.48. The summed E-state index contributed by atoms with van der Waals surface area (Å²) in [6.45, 7) is 12.8. The van der Waals surface area contributed by atoms with E-state index in [0.717, 1.165) is 17.8 Å². The first-order valence-electron chi connectivity index (χ1n) is 6.34. The van der Waals surface area contributed by atoms with E-state index < -0.39 is 0 Å². The molecule has 0 aliphatic carbocycles. The van der Waals surface area contributed by atoms with Crippen molar-refractivity contribution in [1.82, 2.24) is 4.90 Å². The van der Waals surface area contributed by atoms with Crippen molar-refractivity contribution in [2.24, 2.45) is 5.41 Å². The Kier molecular flexibility index (Phi) is 3.16. The van der Waals surface area contributed by atoms with Gasteiger partial charge in [0.15, 0.2) is 0 Å². The molecule has 0 amide bonds. The molecular weight excluding hydrogens is 218 g/mol. The molecule has 1 saturated heterocycles. The molecule has 0 aromatic heterocycles. The molecule has 94 valence electrons. The maximum atomic E-state index is 4.26. The Morgan fingerprint density at radius 3 is 2.39 bits per heavy atom. The third-order valence-corrected chi connectivity index (χ3v) is 4.04. The number of hydrogen-bond acceptors (Lipinski definition) is 1. The minimum Gasteiger partial charge on any atom is -0.348 e. The van der Waals surface area contributed by atoms with Crippen molar-refractivity contribution in [2.45, 2.75) is 20.3 Å². The quantitative estimate of drug-likeness (QED) is 0.749. The average molecular weight is 239 g/mol. The van der Waals surface area contributed by atoms with E-state index in [4.69, 9.17) is 0 Å². The monoisotopic (exact) mass is 239 g/mol. The summed E-state index contributed by atoms with van der Waals surface area (Å²) in [7, 11) is 2.05. The number of likely N-dealkylation sites (tertiary alicyclic amines) is 1. The van der Waals surface area contributed by atoms with Crippen LogP contribution in [0.5, 0.6) is 0 Å². The fourth-order valence-electron chi connectivity index (χ4n) is 2.87. The van der Waals surface area contributed by atoms with Gasteiger partial charge in [0, 0.05) is 23.9 Å². The second-order valence-corrected chi connectivity index (χ2v) is 5.15. The van der Waals surface area contributed by atoms with Gasteiger partial charge in [0.1, 0.15) is 0 Å². The fraction of sp³-hybridized carbons (Fsp3) is 0.294. The summed E-state index contributed by atoms with van der Waals surface area (Å²) in [5, 5.41) is 0. The smallest absolute Gasteiger partial charge is 0.0378 e. The van der Waals surface area contributed by atoms with E-state index in [1.807, 2.05) is 7.05 Å². The molecule has 1 aromatic rings. The zero-order valence-corrected chi connectivity index (χ0v) is 11.5. The molecule has 0 bridgehead atoms. The van der Waals surface area contributed by atoms with Crippen molar-refractivity contribution in [2.75, 3.05) is 7.05 Å². The predicted molar refractivity (Wildman–Crippen MR) is 78.1 cm³/mol. The Hall–Kier alpha value is -1.76. The van der Waals surface area contributed by atoms with Gasteiger partial charge in [-0.25, -0.2) is 0 Å². The Balaban J connectivity index is 2.41. The van der Waals surface area contributed by atoms with E-state index in [0.29, 0.717) is 0 Å². The normalized spacial score (nSPS) is 26.2. The lowest BCUT2D eigenvalue weighted by Gasteiger charge is -2.27. The second kappa shape index (κ2) is 4.49. The fourth-order valence-corrected chi connectivity index (χ4v) is 2.87. The maximum Gasteiger partial charge on any atom is 0.0378 e. The molecule has 1 fully saturated rings. The molecule has 1 aliphatic heterocycles.